The van der Waals surface area contributed by atoms with E-state index >= 15 is 0 Å². The molecule has 6 fully saturated rings. The van der Waals surface area contributed by atoms with Crippen LogP contribution < -0.4 is 0 Å². The fourth-order valence-electron chi connectivity index (χ4n) is 10.7. The summed E-state index contributed by atoms with van der Waals surface area (Å²) in [5, 5.41) is 21.2. The van der Waals surface area contributed by atoms with Crippen molar-refractivity contribution >= 4 is 17.3 Å². The molecule has 0 radical (unpaired) electrons. The third-order valence-corrected chi connectivity index (χ3v) is 13.6. The fraction of sp³-hybridized carbons (Fsp3) is 0.900. The molecule has 0 bridgehead atoms. The van der Waals surface area contributed by atoms with Gasteiger partial charge in [0.15, 0.2) is 6.29 Å². The van der Waals surface area contributed by atoms with Crippen LogP contribution in [0.3, 0.4) is 0 Å². The molecule has 4 aliphatic carbocycles. The Labute approximate surface area is 244 Å². The van der Waals surface area contributed by atoms with Crippen LogP contribution in [-0.2, 0) is 43.5 Å². The van der Waals surface area contributed by atoms with Gasteiger partial charge in [0.2, 0.25) is 0 Å². The lowest BCUT2D eigenvalue weighted by atomic mass is 9.41. The molecule has 4 saturated carbocycles. The minimum Gasteiger partial charge on any atom is -0.458 e. The number of cyclic esters (lactones) is 1. The van der Waals surface area contributed by atoms with Crippen molar-refractivity contribution in [1.29, 1.82) is 0 Å². The number of rotatable bonds is 4. The minimum absolute atomic E-state index is 0.0429. The number of aliphatic hydroxyl groups excluding tert-OH is 2. The molecule has 1 unspecified atom stereocenters. The second-order valence-corrected chi connectivity index (χ2v) is 14.9. The first-order chi connectivity index (χ1) is 19.5. The van der Waals surface area contributed by atoms with E-state index in [-0.39, 0.29) is 34.7 Å². The van der Waals surface area contributed by atoms with Crippen molar-refractivity contribution in [2.45, 2.75) is 127 Å². The number of hydrogen-bond acceptors (Lipinski definition) is 10. The van der Waals surface area contributed by atoms with Crippen molar-refractivity contribution < 1.29 is 46.5 Å². The van der Waals surface area contributed by atoms with Gasteiger partial charge in [0.05, 0.1) is 12.2 Å². The summed E-state index contributed by atoms with van der Waals surface area (Å²) in [5.74, 6) is 0.423. The van der Waals surface area contributed by atoms with Crippen LogP contribution in [0.15, 0.2) is 11.6 Å². The van der Waals surface area contributed by atoms with E-state index in [0.717, 1.165) is 63.4 Å². The summed E-state index contributed by atoms with van der Waals surface area (Å²) in [6, 6.07) is 0. The van der Waals surface area contributed by atoms with Crippen LogP contribution in [0.2, 0.25) is 0 Å². The summed E-state index contributed by atoms with van der Waals surface area (Å²) in [6.45, 7) is 6.74. The maximum absolute atomic E-state index is 13.2. The van der Waals surface area contributed by atoms with E-state index in [9.17, 15) is 19.2 Å². The Balaban J connectivity index is 1.13. The maximum atomic E-state index is 13.2. The average molecular weight is 597 g/mol. The number of carbonyl (C=O) groups is 1. The van der Waals surface area contributed by atoms with E-state index in [4.69, 9.17) is 27.3 Å². The Morgan fingerprint density at radius 1 is 1.02 bits per heavy atom. The third-order valence-electron chi connectivity index (χ3n) is 12.8. The molecule has 14 atom stereocenters. The standard InChI is InChI=1S/C30H44O10S/c1-16-23(32)25(35-4)24(33)26(37-16)38-19-6-9-27(2)18(14-19)5-11-29-21(27)8-10-28(3)20(17-13-22(31)36-15-17)7-12-30(28,29)40-41(34)39-29/h13,16,18-21,23-26,32-33H,5-12,14-15H2,1-4H3/t16-,18+,19-,20+,21+,23-,24-,25+,26-,27-,28+,29-,30+,41?/m0/s1. The highest BCUT2D eigenvalue weighted by atomic mass is 32.2. The van der Waals surface area contributed by atoms with Gasteiger partial charge >= 0.3 is 17.3 Å². The predicted octanol–water partition coefficient (Wildman–Crippen LogP) is 2.87. The summed E-state index contributed by atoms with van der Waals surface area (Å²) < 4.78 is 49.0. The largest absolute Gasteiger partial charge is 0.458 e. The van der Waals surface area contributed by atoms with Crippen molar-refractivity contribution in [1.82, 2.24) is 0 Å². The second kappa shape index (κ2) is 9.79. The van der Waals surface area contributed by atoms with Crippen LogP contribution in [0.25, 0.3) is 0 Å². The Morgan fingerprint density at radius 3 is 2.56 bits per heavy atom. The van der Waals surface area contributed by atoms with Crippen LogP contribution >= 0.6 is 0 Å². The van der Waals surface area contributed by atoms with Gasteiger partial charge in [-0.05, 0) is 93.5 Å². The fourth-order valence-corrected chi connectivity index (χ4v) is 12.0. The Morgan fingerprint density at radius 2 is 1.83 bits per heavy atom. The van der Waals surface area contributed by atoms with Crippen LogP contribution in [0.1, 0.15) is 78.6 Å². The molecule has 0 aromatic carbocycles. The molecule has 2 saturated heterocycles. The minimum atomic E-state index is -1.82. The highest BCUT2D eigenvalue weighted by Crippen LogP contribution is 2.75. The smallest absolute Gasteiger partial charge is 0.331 e. The first-order valence-electron chi connectivity index (χ1n) is 15.4. The van der Waals surface area contributed by atoms with Crippen LogP contribution in [0.5, 0.6) is 0 Å². The van der Waals surface area contributed by atoms with Gasteiger partial charge in [-0.25, -0.2) is 4.79 Å². The number of carbonyl (C=O) groups excluding carboxylic acids is 1. The molecule has 0 amide bonds. The topological polar surface area (TPSA) is 130 Å². The van der Waals surface area contributed by atoms with E-state index < -0.39 is 53.3 Å². The molecule has 10 nitrogen and oxygen atoms in total. The molecule has 11 heteroatoms. The Kier molecular flexibility index (Phi) is 6.88. The van der Waals surface area contributed by atoms with Gasteiger partial charge < -0.3 is 29.2 Å². The van der Waals surface area contributed by atoms with Gasteiger partial charge in [-0.1, -0.05) is 13.8 Å². The number of esters is 1. The van der Waals surface area contributed by atoms with Crippen molar-refractivity contribution in [2.75, 3.05) is 13.7 Å². The number of fused-ring (bicyclic) bond motifs is 2. The molecule has 3 aliphatic heterocycles. The molecule has 2 N–H and O–H groups in total. The lowest BCUT2D eigenvalue weighted by Crippen LogP contribution is -2.71. The summed E-state index contributed by atoms with van der Waals surface area (Å²) >= 11 is -1.82. The van der Waals surface area contributed by atoms with E-state index in [0.29, 0.717) is 12.5 Å². The normalized spacial score (nSPS) is 56.3. The first kappa shape index (κ1) is 28.8. The SMILES string of the molecule is CO[C@H]1[C@H](O)[C@H](O[C@H]2CC[C@@]3(C)[C@H](CC[C@@]45OS(=O)O[C@@]46CC[C@H](C4=CC(=O)OC4)[C@@]6(C)CC[C@H]35)C2)O[C@@H](C)[C@@H]1O. The molecule has 0 aromatic heterocycles. The zero-order valence-electron chi connectivity index (χ0n) is 24.4. The summed E-state index contributed by atoms with van der Waals surface area (Å²) in [7, 11) is 1.48. The quantitative estimate of drug-likeness (QED) is 0.369. The molecule has 41 heavy (non-hydrogen) atoms. The Hall–Kier alpha value is -0.920. The zero-order valence-corrected chi connectivity index (χ0v) is 25.2. The summed E-state index contributed by atoms with van der Waals surface area (Å²) in [6.07, 6.45) is 5.19. The van der Waals surface area contributed by atoms with Crippen molar-refractivity contribution in [3.63, 3.8) is 0 Å². The maximum Gasteiger partial charge on any atom is 0.331 e. The number of aliphatic hydroxyl groups is 2. The molecule has 7 rings (SSSR count). The van der Waals surface area contributed by atoms with Crippen LogP contribution in [0.4, 0.5) is 0 Å². The number of hydrogen-bond donors (Lipinski definition) is 2. The first-order valence-corrected chi connectivity index (χ1v) is 16.4. The van der Waals surface area contributed by atoms with E-state index in [1.165, 1.54) is 7.11 Å². The molecule has 230 valence electrons. The van der Waals surface area contributed by atoms with Crippen molar-refractivity contribution in [3.05, 3.63) is 11.6 Å². The van der Waals surface area contributed by atoms with E-state index in [1.807, 2.05) is 0 Å². The van der Waals surface area contributed by atoms with Gasteiger partial charge in [-0.2, -0.15) is 4.21 Å². The van der Waals surface area contributed by atoms with E-state index in [1.54, 1.807) is 13.0 Å². The van der Waals surface area contributed by atoms with Crippen LogP contribution in [-0.4, -0.2) is 82.1 Å². The van der Waals surface area contributed by atoms with Crippen LogP contribution in [0, 0.1) is 28.6 Å². The molecule has 3 heterocycles. The van der Waals surface area contributed by atoms with Crippen molar-refractivity contribution in [2.24, 2.45) is 28.6 Å². The van der Waals surface area contributed by atoms with Gasteiger partial charge in [0.1, 0.15) is 36.1 Å². The van der Waals surface area contributed by atoms with Crippen molar-refractivity contribution in [3.8, 4) is 0 Å². The van der Waals surface area contributed by atoms with E-state index in [2.05, 4.69) is 13.8 Å². The zero-order chi connectivity index (χ0) is 28.9. The predicted molar refractivity (Wildman–Crippen MR) is 145 cm³/mol. The second-order valence-electron chi connectivity index (χ2n) is 14.2. The monoisotopic (exact) mass is 596 g/mol. The van der Waals surface area contributed by atoms with Gasteiger partial charge in [0, 0.05) is 18.6 Å². The highest BCUT2D eigenvalue weighted by molar-refractivity contribution is 7.75. The number of ether oxygens (including phenoxy) is 4. The molecule has 2 spiro atoms. The average Bonchev–Trinajstić information content (AvgIpc) is 3.58. The van der Waals surface area contributed by atoms with Gasteiger partial charge in [0.25, 0.3) is 0 Å². The Bertz CT molecular complexity index is 1150. The summed E-state index contributed by atoms with van der Waals surface area (Å²) in [5.41, 5.74) is -0.613. The third kappa shape index (κ3) is 3.85. The lowest BCUT2D eigenvalue weighted by Gasteiger charge is -2.66. The lowest BCUT2D eigenvalue weighted by molar-refractivity contribution is -0.314. The molecule has 0 aromatic rings. The molecular formula is C30H44O10S. The van der Waals surface area contributed by atoms with Gasteiger partial charge in [-0.3, -0.25) is 8.37 Å². The number of methoxy groups -OCH3 is 1. The van der Waals surface area contributed by atoms with Gasteiger partial charge in [-0.15, -0.1) is 0 Å². The highest BCUT2D eigenvalue weighted by Gasteiger charge is 2.80. The molecule has 7 aliphatic rings. The summed E-state index contributed by atoms with van der Waals surface area (Å²) in [4.78, 5) is 12.0. The molecular weight excluding hydrogens is 552 g/mol.